The molecule has 20 heavy (non-hydrogen) atoms. The predicted molar refractivity (Wildman–Crippen MR) is 72.2 cm³/mol. The van der Waals surface area contributed by atoms with Gasteiger partial charge in [-0.1, -0.05) is 6.92 Å². The molecule has 1 N–H and O–H groups in total. The Hall–Kier alpha value is -1.31. The molecule has 0 radical (unpaired) electrons. The number of amides is 2. The molecule has 2 aliphatic heterocycles. The van der Waals surface area contributed by atoms with Crippen LogP contribution in [0.2, 0.25) is 0 Å². The number of aliphatic carboxylic acids is 1. The number of carboxylic acid groups (broad SMARTS) is 1. The van der Waals surface area contributed by atoms with E-state index in [0.29, 0.717) is 25.8 Å². The summed E-state index contributed by atoms with van der Waals surface area (Å²) in [6.45, 7) is 2.48. The van der Waals surface area contributed by atoms with E-state index in [4.69, 9.17) is 0 Å². The average Bonchev–Trinajstić information content (AvgIpc) is 2.83. The second-order valence-electron chi connectivity index (χ2n) is 5.37. The Labute approximate surface area is 118 Å². The minimum absolute atomic E-state index is 0.0429. The van der Waals surface area contributed by atoms with Crippen LogP contribution in [0.25, 0.3) is 0 Å². The van der Waals surface area contributed by atoms with Crippen molar-refractivity contribution in [3.63, 3.8) is 0 Å². The summed E-state index contributed by atoms with van der Waals surface area (Å²) in [6, 6.07) is -0.346. The molecule has 2 aliphatic rings. The van der Waals surface area contributed by atoms with E-state index in [1.54, 1.807) is 6.92 Å². The molecule has 0 bridgehead atoms. The smallest absolute Gasteiger partial charge is 0.329 e. The summed E-state index contributed by atoms with van der Waals surface area (Å²) in [5, 5.41) is 9.46. The molecule has 0 aromatic carbocycles. The highest BCUT2D eigenvalue weighted by molar-refractivity contribution is 7.91. The van der Waals surface area contributed by atoms with Crippen molar-refractivity contribution in [3.05, 3.63) is 0 Å². The zero-order valence-electron chi connectivity index (χ0n) is 11.5. The summed E-state index contributed by atoms with van der Waals surface area (Å²) >= 11 is 0. The quantitative estimate of drug-likeness (QED) is 0.784. The summed E-state index contributed by atoms with van der Waals surface area (Å²) in [5.41, 5.74) is -1.13. The number of urea groups is 1. The first-order chi connectivity index (χ1) is 9.32. The van der Waals surface area contributed by atoms with E-state index < -0.39 is 21.3 Å². The summed E-state index contributed by atoms with van der Waals surface area (Å²) < 4.78 is 22.8. The maximum Gasteiger partial charge on any atom is 0.329 e. The van der Waals surface area contributed by atoms with Gasteiger partial charge in [0.05, 0.1) is 11.5 Å². The van der Waals surface area contributed by atoms with Gasteiger partial charge in [0.15, 0.2) is 9.84 Å². The van der Waals surface area contributed by atoms with Gasteiger partial charge in [-0.15, -0.1) is 0 Å². The Kier molecular flexibility index (Phi) is 3.95. The molecule has 0 saturated carbocycles. The summed E-state index contributed by atoms with van der Waals surface area (Å²) in [5.74, 6) is -1.06. The molecule has 0 aromatic rings. The van der Waals surface area contributed by atoms with Gasteiger partial charge in [0, 0.05) is 19.6 Å². The SMILES string of the molecule is CCC1(C(=O)O)CCCN1C(=O)N1CCS(=O)(=O)CC1. The van der Waals surface area contributed by atoms with Crippen LogP contribution in [-0.4, -0.2) is 72.0 Å². The summed E-state index contributed by atoms with van der Waals surface area (Å²) in [7, 11) is -3.05. The number of carbonyl (C=O) groups excluding carboxylic acids is 1. The van der Waals surface area contributed by atoms with Crippen LogP contribution in [0.15, 0.2) is 0 Å². The Morgan fingerprint density at radius 1 is 1.20 bits per heavy atom. The Balaban J connectivity index is 2.15. The van der Waals surface area contributed by atoms with E-state index in [1.165, 1.54) is 9.80 Å². The highest BCUT2D eigenvalue weighted by Crippen LogP contribution is 2.33. The zero-order chi connectivity index (χ0) is 15.0. The maximum atomic E-state index is 12.5. The van der Waals surface area contributed by atoms with Crippen LogP contribution in [0.3, 0.4) is 0 Å². The van der Waals surface area contributed by atoms with E-state index in [9.17, 15) is 23.1 Å². The first kappa shape index (κ1) is 15.1. The van der Waals surface area contributed by atoms with E-state index in [1.807, 2.05) is 0 Å². The van der Waals surface area contributed by atoms with Gasteiger partial charge in [0.25, 0.3) is 0 Å². The Bertz CT molecular complexity index is 504. The number of sulfone groups is 1. The van der Waals surface area contributed by atoms with Crippen LogP contribution in [0.5, 0.6) is 0 Å². The first-order valence-electron chi connectivity index (χ1n) is 6.83. The highest BCUT2D eigenvalue weighted by Gasteiger charge is 2.49. The van der Waals surface area contributed by atoms with Crippen molar-refractivity contribution in [2.45, 2.75) is 31.7 Å². The van der Waals surface area contributed by atoms with Crippen molar-refractivity contribution in [2.75, 3.05) is 31.1 Å². The number of hydrogen-bond acceptors (Lipinski definition) is 4. The number of carbonyl (C=O) groups is 2. The van der Waals surface area contributed by atoms with E-state index >= 15 is 0 Å². The Morgan fingerprint density at radius 3 is 2.30 bits per heavy atom. The van der Waals surface area contributed by atoms with Crippen LogP contribution in [0, 0.1) is 0 Å². The molecule has 0 aliphatic carbocycles. The van der Waals surface area contributed by atoms with E-state index in [2.05, 4.69) is 0 Å². The number of rotatable bonds is 2. The fourth-order valence-corrected chi connectivity index (χ4v) is 4.17. The van der Waals surface area contributed by atoms with Gasteiger partial charge in [-0.3, -0.25) is 0 Å². The lowest BCUT2D eigenvalue weighted by Crippen LogP contribution is -2.58. The fourth-order valence-electron chi connectivity index (χ4n) is 2.97. The molecule has 0 spiro atoms. The summed E-state index contributed by atoms with van der Waals surface area (Å²) in [6.07, 6.45) is 1.48. The fraction of sp³-hybridized carbons (Fsp3) is 0.833. The van der Waals surface area contributed by atoms with Crippen LogP contribution in [0.4, 0.5) is 4.79 Å². The summed E-state index contributed by atoms with van der Waals surface area (Å²) in [4.78, 5) is 26.9. The van der Waals surface area contributed by atoms with Gasteiger partial charge in [0.1, 0.15) is 5.54 Å². The maximum absolute atomic E-state index is 12.5. The lowest BCUT2D eigenvalue weighted by atomic mass is 9.93. The molecular formula is C12H20N2O5S. The van der Waals surface area contributed by atoms with Crippen LogP contribution < -0.4 is 0 Å². The number of likely N-dealkylation sites (tertiary alicyclic amines) is 1. The molecule has 1 atom stereocenters. The minimum Gasteiger partial charge on any atom is -0.479 e. The van der Waals surface area contributed by atoms with Crippen molar-refractivity contribution < 1.29 is 23.1 Å². The van der Waals surface area contributed by atoms with Crippen LogP contribution in [0.1, 0.15) is 26.2 Å². The van der Waals surface area contributed by atoms with Crippen molar-refractivity contribution in [2.24, 2.45) is 0 Å². The minimum atomic E-state index is -3.05. The molecule has 114 valence electrons. The third-order valence-electron chi connectivity index (χ3n) is 4.32. The molecule has 2 saturated heterocycles. The van der Waals surface area contributed by atoms with Gasteiger partial charge in [-0.25, -0.2) is 18.0 Å². The number of carboxylic acids is 1. The molecule has 2 rings (SSSR count). The first-order valence-corrected chi connectivity index (χ1v) is 8.65. The predicted octanol–water partition coefficient (Wildman–Crippen LogP) is 0.166. The second kappa shape index (κ2) is 5.23. The van der Waals surface area contributed by atoms with Crippen LogP contribution >= 0.6 is 0 Å². The van der Waals surface area contributed by atoms with Gasteiger partial charge in [0.2, 0.25) is 0 Å². The topological polar surface area (TPSA) is 95.0 Å². The van der Waals surface area contributed by atoms with Gasteiger partial charge in [-0.2, -0.15) is 0 Å². The molecule has 0 aromatic heterocycles. The standard InChI is InChI=1S/C12H20N2O5S/c1-2-12(10(15)16)4-3-5-14(12)11(17)13-6-8-20(18,19)9-7-13/h2-9H2,1H3,(H,15,16). The molecular weight excluding hydrogens is 284 g/mol. The molecule has 2 heterocycles. The number of hydrogen-bond donors (Lipinski definition) is 1. The lowest BCUT2D eigenvalue weighted by Gasteiger charge is -2.38. The third kappa shape index (κ3) is 2.48. The zero-order valence-corrected chi connectivity index (χ0v) is 12.4. The highest BCUT2D eigenvalue weighted by atomic mass is 32.2. The van der Waals surface area contributed by atoms with Gasteiger partial charge >= 0.3 is 12.0 Å². The Morgan fingerprint density at radius 2 is 1.80 bits per heavy atom. The third-order valence-corrected chi connectivity index (χ3v) is 5.93. The van der Waals surface area contributed by atoms with Crippen molar-refractivity contribution >= 4 is 21.8 Å². The molecule has 1 unspecified atom stereocenters. The average molecular weight is 304 g/mol. The number of nitrogens with zero attached hydrogens (tertiary/aromatic N) is 2. The van der Waals surface area contributed by atoms with Crippen molar-refractivity contribution in [3.8, 4) is 0 Å². The second-order valence-corrected chi connectivity index (χ2v) is 7.67. The largest absolute Gasteiger partial charge is 0.479 e. The van der Waals surface area contributed by atoms with Gasteiger partial charge in [-0.05, 0) is 19.3 Å². The molecule has 8 heteroatoms. The normalized spacial score (nSPS) is 29.4. The monoisotopic (exact) mass is 304 g/mol. The molecule has 2 fully saturated rings. The van der Waals surface area contributed by atoms with E-state index in [-0.39, 0.29) is 30.6 Å². The van der Waals surface area contributed by atoms with Crippen LogP contribution in [-0.2, 0) is 14.6 Å². The molecule has 7 nitrogen and oxygen atoms in total. The van der Waals surface area contributed by atoms with Crippen molar-refractivity contribution in [1.29, 1.82) is 0 Å². The molecule has 2 amide bonds. The van der Waals surface area contributed by atoms with E-state index in [0.717, 1.165) is 0 Å². The lowest BCUT2D eigenvalue weighted by molar-refractivity contribution is -0.148. The van der Waals surface area contributed by atoms with Gasteiger partial charge < -0.3 is 14.9 Å². The van der Waals surface area contributed by atoms with Crippen molar-refractivity contribution in [1.82, 2.24) is 9.80 Å².